The number of esters is 1. The van der Waals surface area contributed by atoms with Crippen LogP contribution in [0.5, 0.6) is 0 Å². The Labute approximate surface area is 131 Å². The Kier molecular flexibility index (Phi) is 5.09. The molecule has 0 unspecified atom stereocenters. The van der Waals surface area contributed by atoms with Crippen LogP contribution in [0.25, 0.3) is 0 Å². The molecule has 5 heteroatoms. The Morgan fingerprint density at radius 1 is 1.23 bits per heavy atom. The summed E-state index contributed by atoms with van der Waals surface area (Å²) < 4.78 is 6.87. The van der Waals surface area contributed by atoms with Gasteiger partial charge in [-0.3, -0.25) is 0 Å². The number of carbonyl (C=O) groups excluding carboxylic acids is 1. The average molecular weight is 301 g/mol. The van der Waals surface area contributed by atoms with E-state index in [1.54, 1.807) is 11.5 Å². The number of nitrogens with one attached hydrogen (secondary N) is 1. The molecule has 0 aliphatic heterocycles. The Morgan fingerprint density at radius 3 is 2.50 bits per heavy atom. The van der Waals surface area contributed by atoms with Gasteiger partial charge >= 0.3 is 5.97 Å². The van der Waals surface area contributed by atoms with Gasteiger partial charge in [0.1, 0.15) is 0 Å². The van der Waals surface area contributed by atoms with Gasteiger partial charge in [0.05, 0.1) is 12.3 Å². The van der Waals surface area contributed by atoms with Crippen LogP contribution < -0.4 is 10.2 Å². The lowest BCUT2D eigenvalue weighted by Gasteiger charge is -2.13. The largest absolute Gasteiger partial charge is 0.461 e. The zero-order valence-corrected chi connectivity index (χ0v) is 13.6. The Morgan fingerprint density at radius 2 is 1.91 bits per heavy atom. The van der Waals surface area contributed by atoms with Crippen LogP contribution in [-0.4, -0.2) is 31.2 Å². The highest BCUT2D eigenvalue weighted by Crippen LogP contribution is 2.19. The van der Waals surface area contributed by atoms with Gasteiger partial charge in [-0.05, 0) is 30.7 Å². The molecule has 0 amide bonds. The van der Waals surface area contributed by atoms with E-state index >= 15 is 0 Å². The quantitative estimate of drug-likeness (QED) is 0.833. The maximum absolute atomic E-state index is 12.0. The summed E-state index contributed by atoms with van der Waals surface area (Å²) in [4.78, 5) is 14.1. The normalized spacial score (nSPS) is 10.4. The van der Waals surface area contributed by atoms with E-state index in [0.717, 1.165) is 16.9 Å². The van der Waals surface area contributed by atoms with Gasteiger partial charge in [-0.1, -0.05) is 12.1 Å². The predicted molar refractivity (Wildman–Crippen MR) is 89.5 cm³/mol. The first-order valence-electron chi connectivity index (χ1n) is 7.35. The van der Waals surface area contributed by atoms with Gasteiger partial charge in [0.2, 0.25) is 0 Å². The SMILES string of the molecule is CCOC(=O)c1c(NCc2ccc(N(C)C)cc2)ccn1C. The third-order valence-corrected chi connectivity index (χ3v) is 3.48. The molecule has 1 heterocycles. The fourth-order valence-corrected chi connectivity index (χ4v) is 2.24. The van der Waals surface area contributed by atoms with Crippen LogP contribution in [0.3, 0.4) is 0 Å². The van der Waals surface area contributed by atoms with Gasteiger partial charge in [0, 0.05) is 39.6 Å². The summed E-state index contributed by atoms with van der Waals surface area (Å²) in [7, 11) is 5.87. The van der Waals surface area contributed by atoms with Crippen LogP contribution in [0, 0.1) is 0 Å². The molecule has 1 N–H and O–H groups in total. The highest BCUT2D eigenvalue weighted by Gasteiger charge is 2.16. The van der Waals surface area contributed by atoms with Crippen LogP contribution in [0.15, 0.2) is 36.5 Å². The number of hydrogen-bond donors (Lipinski definition) is 1. The summed E-state index contributed by atoms with van der Waals surface area (Å²) in [5.41, 5.74) is 3.66. The zero-order valence-electron chi connectivity index (χ0n) is 13.6. The lowest BCUT2D eigenvalue weighted by molar-refractivity contribution is 0.0516. The molecule has 0 bridgehead atoms. The first-order valence-corrected chi connectivity index (χ1v) is 7.35. The van der Waals surface area contributed by atoms with Gasteiger partial charge in [-0.15, -0.1) is 0 Å². The van der Waals surface area contributed by atoms with Gasteiger partial charge in [-0.25, -0.2) is 4.79 Å². The van der Waals surface area contributed by atoms with Crippen molar-refractivity contribution in [3.63, 3.8) is 0 Å². The molecule has 118 valence electrons. The predicted octanol–water partition coefficient (Wildman–Crippen LogP) is 2.88. The van der Waals surface area contributed by atoms with Crippen LogP contribution >= 0.6 is 0 Å². The standard InChI is InChI=1S/C17H23N3O2/c1-5-22-17(21)16-15(10-11-20(16)4)18-12-13-6-8-14(9-7-13)19(2)3/h6-11,18H,5,12H2,1-4H3. The fourth-order valence-electron chi connectivity index (χ4n) is 2.24. The topological polar surface area (TPSA) is 46.5 Å². The molecule has 0 fully saturated rings. The Balaban J connectivity index is 2.07. The molecule has 1 aromatic heterocycles. The summed E-state index contributed by atoms with van der Waals surface area (Å²) >= 11 is 0. The van der Waals surface area contributed by atoms with Crippen molar-refractivity contribution in [1.29, 1.82) is 0 Å². The molecule has 0 atom stereocenters. The molecule has 0 saturated heterocycles. The van der Waals surface area contributed by atoms with E-state index in [1.165, 1.54) is 0 Å². The minimum atomic E-state index is -0.305. The lowest BCUT2D eigenvalue weighted by Crippen LogP contribution is -2.13. The van der Waals surface area contributed by atoms with Crippen molar-refractivity contribution < 1.29 is 9.53 Å². The molecule has 0 radical (unpaired) electrons. The second kappa shape index (κ2) is 7.02. The van der Waals surface area contributed by atoms with Crippen LogP contribution in [-0.2, 0) is 18.3 Å². The number of aromatic nitrogens is 1. The third kappa shape index (κ3) is 3.61. The molecule has 0 spiro atoms. The number of aryl methyl sites for hydroxylation is 1. The maximum Gasteiger partial charge on any atom is 0.357 e. The zero-order chi connectivity index (χ0) is 16.1. The highest BCUT2D eigenvalue weighted by atomic mass is 16.5. The van der Waals surface area contributed by atoms with Crippen molar-refractivity contribution in [1.82, 2.24) is 4.57 Å². The average Bonchev–Trinajstić information content (AvgIpc) is 2.86. The van der Waals surface area contributed by atoms with Crippen molar-refractivity contribution >= 4 is 17.3 Å². The van der Waals surface area contributed by atoms with E-state index in [1.807, 2.05) is 33.4 Å². The second-order valence-corrected chi connectivity index (χ2v) is 5.32. The third-order valence-electron chi connectivity index (χ3n) is 3.48. The number of nitrogens with zero attached hydrogens (tertiary/aromatic N) is 2. The van der Waals surface area contributed by atoms with E-state index < -0.39 is 0 Å². The smallest absolute Gasteiger partial charge is 0.357 e. The van der Waals surface area contributed by atoms with Crippen LogP contribution in [0.1, 0.15) is 23.0 Å². The van der Waals surface area contributed by atoms with E-state index in [0.29, 0.717) is 18.8 Å². The number of anilines is 2. The summed E-state index contributed by atoms with van der Waals surface area (Å²) in [6.07, 6.45) is 1.85. The van der Waals surface area contributed by atoms with Gasteiger partial charge in [0.25, 0.3) is 0 Å². The number of carbonyl (C=O) groups is 1. The molecule has 0 saturated carbocycles. The molecule has 5 nitrogen and oxygen atoms in total. The van der Waals surface area contributed by atoms with Gasteiger partial charge < -0.3 is 19.5 Å². The van der Waals surface area contributed by atoms with Crippen molar-refractivity contribution in [2.75, 3.05) is 30.9 Å². The van der Waals surface area contributed by atoms with Gasteiger partial charge in [0.15, 0.2) is 5.69 Å². The monoisotopic (exact) mass is 301 g/mol. The fraction of sp³-hybridized carbons (Fsp3) is 0.353. The van der Waals surface area contributed by atoms with Crippen molar-refractivity contribution in [2.24, 2.45) is 7.05 Å². The molecule has 2 aromatic rings. The van der Waals surface area contributed by atoms with Crippen molar-refractivity contribution in [3.05, 3.63) is 47.8 Å². The summed E-state index contributed by atoms with van der Waals surface area (Å²) in [5, 5.41) is 3.30. The number of hydrogen-bond acceptors (Lipinski definition) is 4. The second-order valence-electron chi connectivity index (χ2n) is 5.32. The van der Waals surface area contributed by atoms with E-state index in [4.69, 9.17) is 4.74 Å². The minimum Gasteiger partial charge on any atom is -0.461 e. The summed E-state index contributed by atoms with van der Waals surface area (Å²) in [6, 6.07) is 10.2. The molecular formula is C17H23N3O2. The summed E-state index contributed by atoms with van der Waals surface area (Å²) in [6.45, 7) is 2.83. The molecule has 22 heavy (non-hydrogen) atoms. The van der Waals surface area contributed by atoms with E-state index in [2.05, 4.69) is 34.5 Å². The van der Waals surface area contributed by atoms with Gasteiger partial charge in [-0.2, -0.15) is 0 Å². The summed E-state index contributed by atoms with van der Waals surface area (Å²) in [5.74, 6) is -0.305. The van der Waals surface area contributed by atoms with Crippen molar-refractivity contribution in [3.8, 4) is 0 Å². The van der Waals surface area contributed by atoms with Crippen LogP contribution in [0.2, 0.25) is 0 Å². The molecular weight excluding hydrogens is 278 g/mol. The first-order chi connectivity index (χ1) is 10.5. The van der Waals surface area contributed by atoms with E-state index in [-0.39, 0.29) is 5.97 Å². The lowest BCUT2D eigenvalue weighted by atomic mass is 10.2. The minimum absolute atomic E-state index is 0.305. The van der Waals surface area contributed by atoms with Crippen LogP contribution in [0.4, 0.5) is 11.4 Å². The first kappa shape index (κ1) is 15.9. The Bertz CT molecular complexity index is 630. The highest BCUT2D eigenvalue weighted by molar-refractivity contribution is 5.94. The maximum atomic E-state index is 12.0. The molecule has 0 aliphatic rings. The van der Waals surface area contributed by atoms with E-state index in [9.17, 15) is 4.79 Å². The molecule has 0 aliphatic carbocycles. The number of rotatable bonds is 6. The number of benzene rings is 1. The molecule has 2 rings (SSSR count). The van der Waals surface area contributed by atoms with Crippen molar-refractivity contribution in [2.45, 2.75) is 13.5 Å². The molecule has 1 aromatic carbocycles. The number of ether oxygens (including phenoxy) is 1. The Hall–Kier alpha value is -2.43.